The molecule has 0 aliphatic carbocycles. The number of hydrogen-bond acceptors (Lipinski definition) is 5. The minimum atomic E-state index is -0.533. The molecule has 7 heteroatoms. The number of esters is 1. The van der Waals surface area contributed by atoms with E-state index < -0.39 is 12.0 Å². The molecule has 150 valence electrons. The Hall–Kier alpha value is -2.67. The molecule has 1 aromatic carbocycles. The lowest BCUT2D eigenvalue weighted by Gasteiger charge is -2.19. The Bertz CT molecular complexity index is 762. The van der Waals surface area contributed by atoms with Gasteiger partial charge in [-0.1, -0.05) is 49.7 Å². The van der Waals surface area contributed by atoms with Crippen LogP contribution in [0.3, 0.4) is 0 Å². The van der Waals surface area contributed by atoms with E-state index in [0.717, 1.165) is 23.3 Å². The highest BCUT2D eigenvalue weighted by molar-refractivity contribution is 7.10. The number of carbonyl (C=O) groups excluding carboxylic acids is 3. The Morgan fingerprint density at radius 2 is 1.79 bits per heavy atom. The van der Waals surface area contributed by atoms with Gasteiger partial charge >= 0.3 is 5.97 Å². The van der Waals surface area contributed by atoms with E-state index >= 15 is 0 Å². The van der Waals surface area contributed by atoms with Crippen molar-refractivity contribution >= 4 is 29.1 Å². The minimum absolute atomic E-state index is 0.0234. The fourth-order valence-corrected chi connectivity index (χ4v) is 3.64. The average molecular weight is 403 g/mol. The summed E-state index contributed by atoms with van der Waals surface area (Å²) in [5.41, 5.74) is 1.02. The van der Waals surface area contributed by atoms with Crippen molar-refractivity contribution in [3.63, 3.8) is 0 Å². The van der Waals surface area contributed by atoms with Gasteiger partial charge in [-0.25, -0.2) is 0 Å². The lowest BCUT2D eigenvalue weighted by atomic mass is 10.0. The molecule has 6 nitrogen and oxygen atoms in total. The fraction of sp³-hybridized carbons (Fsp3) is 0.381. The van der Waals surface area contributed by atoms with Crippen LogP contribution in [-0.2, 0) is 19.1 Å². The first-order valence-corrected chi connectivity index (χ1v) is 10.2. The topological polar surface area (TPSA) is 84.5 Å². The molecule has 0 saturated heterocycles. The molecule has 0 bridgehead atoms. The molecule has 0 saturated carbocycles. The molecule has 2 N–H and O–H groups in total. The molecule has 2 unspecified atom stereocenters. The van der Waals surface area contributed by atoms with Gasteiger partial charge in [0.15, 0.2) is 6.61 Å². The maximum atomic E-state index is 12.2. The maximum Gasteiger partial charge on any atom is 0.308 e. The summed E-state index contributed by atoms with van der Waals surface area (Å²) >= 11 is 1.45. The zero-order chi connectivity index (χ0) is 20.4. The standard InChI is InChI=1S/C21H26N2O4S/c1-3-8-17(16-9-5-4-6-10-16)23-20(25)14-27-21(26)13-18(22-15(2)24)19-11-7-12-28-19/h4-7,9-12,17-18H,3,8,13-14H2,1-2H3,(H,22,24)(H,23,25). The van der Waals surface area contributed by atoms with Crippen LogP contribution < -0.4 is 10.6 Å². The lowest BCUT2D eigenvalue weighted by molar-refractivity contribution is -0.149. The Balaban J connectivity index is 1.86. The van der Waals surface area contributed by atoms with Gasteiger partial charge < -0.3 is 15.4 Å². The molecule has 1 aromatic heterocycles. The van der Waals surface area contributed by atoms with Crippen molar-refractivity contribution in [2.45, 2.75) is 45.2 Å². The van der Waals surface area contributed by atoms with Gasteiger partial charge in [0.1, 0.15) is 0 Å². The van der Waals surface area contributed by atoms with Crippen molar-refractivity contribution in [1.82, 2.24) is 10.6 Å². The number of rotatable bonds is 10. The Morgan fingerprint density at radius 1 is 1.04 bits per heavy atom. The monoisotopic (exact) mass is 402 g/mol. The fourth-order valence-electron chi connectivity index (χ4n) is 2.86. The predicted molar refractivity (Wildman–Crippen MR) is 109 cm³/mol. The highest BCUT2D eigenvalue weighted by atomic mass is 32.1. The molecule has 28 heavy (non-hydrogen) atoms. The number of benzene rings is 1. The van der Waals surface area contributed by atoms with Gasteiger partial charge in [0, 0.05) is 11.8 Å². The van der Waals surface area contributed by atoms with E-state index in [0.29, 0.717) is 0 Å². The number of amides is 2. The highest BCUT2D eigenvalue weighted by Crippen LogP contribution is 2.22. The van der Waals surface area contributed by atoms with E-state index in [1.54, 1.807) is 0 Å². The van der Waals surface area contributed by atoms with Crippen LogP contribution in [-0.4, -0.2) is 24.4 Å². The zero-order valence-corrected chi connectivity index (χ0v) is 17.0. The van der Waals surface area contributed by atoms with Crippen molar-refractivity contribution in [2.24, 2.45) is 0 Å². The summed E-state index contributed by atoms with van der Waals surface area (Å²) in [6, 6.07) is 12.8. The number of nitrogens with one attached hydrogen (secondary N) is 2. The summed E-state index contributed by atoms with van der Waals surface area (Å²) in [5.74, 6) is -1.11. The van der Waals surface area contributed by atoms with E-state index in [1.165, 1.54) is 18.3 Å². The van der Waals surface area contributed by atoms with Crippen molar-refractivity contribution in [3.8, 4) is 0 Å². The molecule has 0 aliphatic heterocycles. The molecule has 0 radical (unpaired) electrons. The van der Waals surface area contributed by atoms with E-state index in [1.807, 2.05) is 47.8 Å². The van der Waals surface area contributed by atoms with E-state index in [9.17, 15) is 14.4 Å². The first kappa shape index (κ1) is 21.6. The van der Waals surface area contributed by atoms with Crippen LogP contribution in [0, 0.1) is 0 Å². The number of carbonyl (C=O) groups is 3. The van der Waals surface area contributed by atoms with Crippen molar-refractivity contribution in [2.75, 3.05) is 6.61 Å². The number of hydrogen-bond donors (Lipinski definition) is 2. The van der Waals surface area contributed by atoms with E-state index in [4.69, 9.17) is 4.74 Å². The Morgan fingerprint density at radius 3 is 2.39 bits per heavy atom. The van der Waals surface area contributed by atoms with Crippen molar-refractivity contribution in [3.05, 3.63) is 58.3 Å². The second-order valence-electron chi connectivity index (χ2n) is 6.45. The van der Waals surface area contributed by atoms with Gasteiger partial charge in [0.25, 0.3) is 5.91 Å². The SMILES string of the molecule is CCCC(NC(=O)COC(=O)CC(NC(C)=O)c1cccs1)c1ccccc1. The smallest absolute Gasteiger partial charge is 0.308 e. The number of ether oxygens (including phenoxy) is 1. The van der Waals surface area contributed by atoms with Crippen LogP contribution in [0.5, 0.6) is 0 Å². The van der Waals surface area contributed by atoms with Gasteiger partial charge in [0.05, 0.1) is 18.5 Å². The molecule has 2 aromatic rings. The van der Waals surface area contributed by atoms with Crippen LogP contribution in [0.1, 0.15) is 55.6 Å². The maximum absolute atomic E-state index is 12.2. The van der Waals surface area contributed by atoms with Crippen LogP contribution >= 0.6 is 11.3 Å². The van der Waals surface area contributed by atoms with E-state index in [2.05, 4.69) is 17.6 Å². The number of thiophene rings is 1. The predicted octanol–water partition coefficient (Wildman–Crippen LogP) is 3.52. The van der Waals surface area contributed by atoms with Crippen LogP contribution in [0.4, 0.5) is 0 Å². The zero-order valence-electron chi connectivity index (χ0n) is 16.1. The molecule has 2 rings (SSSR count). The molecular weight excluding hydrogens is 376 g/mol. The van der Waals surface area contributed by atoms with E-state index in [-0.39, 0.29) is 30.9 Å². The molecule has 0 spiro atoms. The summed E-state index contributed by atoms with van der Waals surface area (Å²) in [5, 5.41) is 7.54. The molecule has 0 aliphatic rings. The Labute approximate surface area is 169 Å². The summed E-state index contributed by atoms with van der Waals surface area (Å²) in [4.78, 5) is 36.7. The van der Waals surface area contributed by atoms with Crippen LogP contribution in [0.2, 0.25) is 0 Å². The van der Waals surface area contributed by atoms with Gasteiger partial charge in [-0.05, 0) is 23.4 Å². The molecule has 0 fully saturated rings. The van der Waals surface area contributed by atoms with Gasteiger partial charge in [-0.2, -0.15) is 0 Å². The average Bonchev–Trinajstić information content (AvgIpc) is 3.21. The molecule has 2 amide bonds. The summed E-state index contributed by atoms with van der Waals surface area (Å²) in [6.07, 6.45) is 1.69. The second-order valence-corrected chi connectivity index (χ2v) is 7.43. The van der Waals surface area contributed by atoms with Crippen molar-refractivity contribution < 1.29 is 19.1 Å². The van der Waals surface area contributed by atoms with Gasteiger partial charge in [-0.15, -0.1) is 11.3 Å². The second kappa shape index (κ2) is 11.2. The normalized spacial score (nSPS) is 12.6. The van der Waals surface area contributed by atoms with Crippen molar-refractivity contribution in [1.29, 1.82) is 0 Å². The van der Waals surface area contributed by atoms with Gasteiger partial charge in [0.2, 0.25) is 5.91 Å². The third-order valence-corrected chi connectivity index (χ3v) is 5.10. The summed E-state index contributed by atoms with van der Waals surface area (Å²) in [7, 11) is 0. The van der Waals surface area contributed by atoms with Crippen LogP contribution in [0.15, 0.2) is 47.8 Å². The first-order valence-electron chi connectivity index (χ1n) is 9.30. The molecule has 2 atom stereocenters. The largest absolute Gasteiger partial charge is 0.456 e. The quantitative estimate of drug-likeness (QED) is 0.596. The summed E-state index contributed by atoms with van der Waals surface area (Å²) < 4.78 is 5.13. The molecular formula is C21H26N2O4S. The third kappa shape index (κ3) is 7.15. The van der Waals surface area contributed by atoms with Gasteiger partial charge in [-0.3, -0.25) is 14.4 Å². The lowest BCUT2D eigenvalue weighted by Crippen LogP contribution is -2.33. The highest BCUT2D eigenvalue weighted by Gasteiger charge is 2.20. The minimum Gasteiger partial charge on any atom is -0.456 e. The third-order valence-electron chi connectivity index (χ3n) is 4.11. The molecule has 1 heterocycles. The first-order chi connectivity index (χ1) is 13.5. The summed E-state index contributed by atoms with van der Waals surface area (Å²) in [6.45, 7) is 3.11. The Kier molecular flexibility index (Phi) is 8.68. The van der Waals surface area contributed by atoms with Crippen LogP contribution in [0.25, 0.3) is 0 Å².